The zero-order valence-corrected chi connectivity index (χ0v) is 13.1. The van der Waals surface area contributed by atoms with Crippen molar-refractivity contribution in [2.75, 3.05) is 0 Å². The first-order valence-electron chi connectivity index (χ1n) is 6.49. The molecule has 0 amide bonds. The molecule has 0 saturated carbocycles. The number of nitrogens with zero attached hydrogens (tertiary/aromatic N) is 4. The second-order valence-electron chi connectivity index (χ2n) is 4.22. The van der Waals surface area contributed by atoms with Crippen molar-refractivity contribution >= 4 is 58.8 Å². The third kappa shape index (κ3) is 4.64. The number of carbonyl (C=O) groups excluding carboxylic acids is 4. The largest absolute Gasteiger partial charge is 0.240 e. The van der Waals surface area contributed by atoms with Crippen LogP contribution >= 0.6 is 11.8 Å². The first kappa shape index (κ1) is 17.7. The van der Waals surface area contributed by atoms with Gasteiger partial charge < -0.3 is 0 Å². The predicted molar refractivity (Wildman–Crippen MR) is 88.1 cm³/mol. The maximum atomic E-state index is 10.6. The molecule has 2 aromatic rings. The Labute approximate surface area is 144 Å². The summed E-state index contributed by atoms with van der Waals surface area (Å²) < 4.78 is 0. The lowest BCUT2D eigenvalue weighted by atomic mass is 10.3. The van der Waals surface area contributed by atoms with Gasteiger partial charge in [-0.05, 0) is 36.4 Å². The van der Waals surface area contributed by atoms with Gasteiger partial charge in [-0.2, -0.15) is 20.0 Å². The van der Waals surface area contributed by atoms with Crippen LogP contribution in [0.5, 0.6) is 0 Å². The van der Waals surface area contributed by atoms with Crippen LogP contribution in [0.2, 0.25) is 0 Å². The van der Waals surface area contributed by atoms with E-state index in [1.165, 1.54) is 60.7 Å². The fourth-order valence-corrected chi connectivity index (χ4v) is 2.85. The molecule has 0 atom stereocenters. The summed E-state index contributed by atoms with van der Waals surface area (Å²) in [5.74, 6) is 0. The lowest BCUT2D eigenvalue weighted by Gasteiger charge is -2.08. The number of isocyanates is 4. The standard InChI is InChI=1S/C16H6N4O4S/c21-7-17-11-1-3-13(19-9-23)15(5-11)25-16-6-12(18-8-22)2-4-14(16)20-10-24/h1-6H. The highest BCUT2D eigenvalue weighted by molar-refractivity contribution is 7.99. The summed E-state index contributed by atoms with van der Waals surface area (Å²) in [6.45, 7) is 0. The molecular formula is C16H6N4O4S. The summed E-state index contributed by atoms with van der Waals surface area (Å²) in [5, 5.41) is 0. The third-order valence-electron chi connectivity index (χ3n) is 2.79. The van der Waals surface area contributed by atoms with E-state index in [2.05, 4.69) is 20.0 Å². The Morgan fingerprint density at radius 1 is 0.600 bits per heavy atom. The van der Waals surface area contributed by atoms with Crippen molar-refractivity contribution < 1.29 is 19.2 Å². The van der Waals surface area contributed by atoms with Crippen LogP contribution in [0.3, 0.4) is 0 Å². The van der Waals surface area contributed by atoms with Gasteiger partial charge in [0.15, 0.2) is 0 Å². The van der Waals surface area contributed by atoms with Gasteiger partial charge >= 0.3 is 0 Å². The fourth-order valence-electron chi connectivity index (χ4n) is 1.82. The molecule has 8 nitrogen and oxygen atoms in total. The highest BCUT2D eigenvalue weighted by Gasteiger charge is 2.10. The Morgan fingerprint density at radius 2 is 1.00 bits per heavy atom. The highest BCUT2D eigenvalue weighted by Crippen LogP contribution is 2.42. The van der Waals surface area contributed by atoms with Gasteiger partial charge in [-0.25, -0.2) is 19.2 Å². The first-order valence-corrected chi connectivity index (χ1v) is 7.31. The Morgan fingerprint density at radius 3 is 1.36 bits per heavy atom. The van der Waals surface area contributed by atoms with Crippen molar-refractivity contribution in [2.24, 2.45) is 20.0 Å². The molecule has 0 heterocycles. The molecule has 0 spiro atoms. The smallest absolute Gasteiger partial charge is 0.211 e. The van der Waals surface area contributed by atoms with E-state index < -0.39 is 0 Å². The second kappa shape index (κ2) is 8.82. The molecule has 25 heavy (non-hydrogen) atoms. The van der Waals surface area contributed by atoms with Crippen LogP contribution in [0.25, 0.3) is 0 Å². The quantitative estimate of drug-likeness (QED) is 0.581. The fraction of sp³-hybridized carbons (Fsp3) is 0. The van der Waals surface area contributed by atoms with Gasteiger partial charge in [0.1, 0.15) is 0 Å². The molecule has 0 unspecified atom stereocenters. The van der Waals surface area contributed by atoms with E-state index in [9.17, 15) is 19.2 Å². The van der Waals surface area contributed by atoms with E-state index in [1.54, 1.807) is 0 Å². The molecule has 0 N–H and O–H groups in total. The Bertz CT molecular complexity index is 929. The van der Waals surface area contributed by atoms with Crippen molar-refractivity contribution in [2.45, 2.75) is 9.79 Å². The van der Waals surface area contributed by atoms with Gasteiger partial charge in [-0.1, -0.05) is 11.8 Å². The van der Waals surface area contributed by atoms with Crippen LogP contribution in [-0.4, -0.2) is 24.3 Å². The molecule has 0 saturated heterocycles. The summed E-state index contributed by atoms with van der Waals surface area (Å²) in [5.41, 5.74) is 1.14. The number of benzene rings is 2. The van der Waals surface area contributed by atoms with Crippen LogP contribution in [0.15, 0.2) is 66.2 Å². The molecule has 120 valence electrons. The molecule has 0 aliphatic rings. The van der Waals surface area contributed by atoms with Gasteiger partial charge in [0.2, 0.25) is 24.3 Å². The summed E-state index contributed by atoms with van der Waals surface area (Å²) in [6.07, 6.45) is 5.69. The SMILES string of the molecule is O=C=Nc1ccc(N=C=O)c(Sc2cc(N=C=O)ccc2N=C=O)c1. The van der Waals surface area contributed by atoms with Crippen LogP contribution in [-0.2, 0) is 19.2 Å². The molecule has 0 radical (unpaired) electrons. The minimum atomic E-state index is 0.273. The van der Waals surface area contributed by atoms with E-state index in [4.69, 9.17) is 0 Å². The molecule has 0 aliphatic heterocycles. The van der Waals surface area contributed by atoms with E-state index in [1.807, 2.05) is 0 Å². The van der Waals surface area contributed by atoms with Gasteiger partial charge in [0, 0.05) is 9.79 Å². The van der Waals surface area contributed by atoms with E-state index in [-0.39, 0.29) is 11.4 Å². The minimum absolute atomic E-state index is 0.273. The normalized spacial score (nSPS) is 8.96. The number of rotatable bonds is 6. The van der Waals surface area contributed by atoms with Gasteiger partial charge in [-0.15, -0.1) is 0 Å². The lowest BCUT2D eigenvalue weighted by molar-refractivity contribution is 0.564. The zero-order chi connectivity index (χ0) is 18.1. The van der Waals surface area contributed by atoms with E-state index >= 15 is 0 Å². The molecule has 2 aromatic carbocycles. The molecular weight excluding hydrogens is 344 g/mol. The van der Waals surface area contributed by atoms with Gasteiger partial charge in [-0.3, -0.25) is 0 Å². The molecule has 0 aliphatic carbocycles. The van der Waals surface area contributed by atoms with Crippen LogP contribution < -0.4 is 0 Å². The molecule has 2 rings (SSSR count). The molecule has 0 bridgehead atoms. The maximum Gasteiger partial charge on any atom is 0.240 e. The van der Waals surface area contributed by atoms with Crippen molar-refractivity contribution in [3.63, 3.8) is 0 Å². The molecule has 0 aromatic heterocycles. The summed E-state index contributed by atoms with van der Waals surface area (Å²) >= 11 is 1.08. The maximum absolute atomic E-state index is 10.6. The number of hydrogen-bond acceptors (Lipinski definition) is 9. The van der Waals surface area contributed by atoms with Crippen LogP contribution in [0.1, 0.15) is 0 Å². The summed E-state index contributed by atoms with van der Waals surface area (Å²) in [7, 11) is 0. The van der Waals surface area contributed by atoms with Crippen molar-refractivity contribution in [3.8, 4) is 0 Å². The minimum Gasteiger partial charge on any atom is -0.211 e. The summed E-state index contributed by atoms with van der Waals surface area (Å²) in [4.78, 5) is 57.0. The average molecular weight is 350 g/mol. The van der Waals surface area contributed by atoms with Crippen LogP contribution in [0.4, 0.5) is 22.7 Å². The Kier molecular flexibility index (Phi) is 6.23. The van der Waals surface area contributed by atoms with E-state index in [0.29, 0.717) is 21.2 Å². The Hall–Kier alpha value is -3.69. The zero-order valence-electron chi connectivity index (χ0n) is 12.3. The Balaban J connectivity index is 2.60. The average Bonchev–Trinajstić information content (AvgIpc) is 2.60. The van der Waals surface area contributed by atoms with Crippen LogP contribution in [0, 0.1) is 0 Å². The van der Waals surface area contributed by atoms with Gasteiger partial charge in [0.05, 0.1) is 22.7 Å². The van der Waals surface area contributed by atoms with Gasteiger partial charge in [0.25, 0.3) is 0 Å². The van der Waals surface area contributed by atoms with Crippen molar-refractivity contribution in [1.82, 2.24) is 0 Å². The second-order valence-corrected chi connectivity index (χ2v) is 5.30. The monoisotopic (exact) mass is 350 g/mol. The third-order valence-corrected chi connectivity index (χ3v) is 3.88. The topological polar surface area (TPSA) is 118 Å². The molecule has 0 fully saturated rings. The van der Waals surface area contributed by atoms with Crippen molar-refractivity contribution in [3.05, 3.63) is 36.4 Å². The van der Waals surface area contributed by atoms with E-state index in [0.717, 1.165) is 11.8 Å². The highest BCUT2D eigenvalue weighted by atomic mass is 32.2. The lowest BCUT2D eigenvalue weighted by Crippen LogP contribution is -1.79. The predicted octanol–water partition coefficient (Wildman–Crippen LogP) is 3.71. The van der Waals surface area contributed by atoms with Crippen molar-refractivity contribution in [1.29, 1.82) is 0 Å². The summed E-state index contributed by atoms with van der Waals surface area (Å²) in [6, 6.07) is 8.88. The first-order chi connectivity index (χ1) is 12.2. The number of aliphatic imine (C=N–C) groups is 4. The number of hydrogen-bond donors (Lipinski definition) is 0. The molecule has 9 heteroatoms.